The van der Waals surface area contributed by atoms with Crippen LogP contribution in [0.5, 0.6) is 5.75 Å². The van der Waals surface area contributed by atoms with Gasteiger partial charge in [0.1, 0.15) is 5.75 Å². The molecule has 3 fully saturated rings. The molecule has 0 saturated heterocycles. The van der Waals surface area contributed by atoms with Crippen molar-refractivity contribution in [2.75, 3.05) is 7.05 Å². The van der Waals surface area contributed by atoms with Crippen LogP contribution in [0.2, 0.25) is 0 Å². The lowest BCUT2D eigenvalue weighted by Gasteiger charge is -2.52. The summed E-state index contributed by atoms with van der Waals surface area (Å²) in [5.74, 6) is 2.29. The number of aliphatic hydroxyl groups excluding tert-OH is 1. The molecule has 0 bridgehead atoms. The Morgan fingerprint density at radius 2 is 2.12 bits per heavy atom. The molecule has 1 aromatic carbocycles. The van der Waals surface area contributed by atoms with Gasteiger partial charge in [0, 0.05) is 7.05 Å². The van der Waals surface area contributed by atoms with Gasteiger partial charge in [-0.2, -0.15) is 13.1 Å². The molecule has 4 aliphatic carbocycles. The lowest BCUT2D eigenvalue weighted by atomic mass is 9.52. The second-order valence-corrected chi connectivity index (χ2v) is 10.5. The van der Waals surface area contributed by atoms with Gasteiger partial charge < -0.3 is 9.29 Å². The molecule has 0 unspecified atom stereocenters. The van der Waals surface area contributed by atoms with Crippen LogP contribution >= 0.6 is 0 Å². The van der Waals surface area contributed by atoms with Gasteiger partial charge in [-0.3, -0.25) is 0 Å². The van der Waals surface area contributed by atoms with Crippen LogP contribution in [-0.2, 0) is 16.7 Å². The van der Waals surface area contributed by atoms with Crippen LogP contribution < -0.4 is 8.91 Å². The van der Waals surface area contributed by atoms with E-state index in [0.717, 1.165) is 32.1 Å². The van der Waals surface area contributed by atoms with Crippen molar-refractivity contribution in [3.63, 3.8) is 0 Å². The first kappa shape index (κ1) is 17.0. The summed E-state index contributed by atoms with van der Waals surface area (Å²) in [5.41, 5.74) is 3.04. The average molecular weight is 378 g/mol. The highest BCUT2D eigenvalue weighted by Crippen LogP contribution is 2.81. The predicted molar refractivity (Wildman–Crippen MR) is 98.1 cm³/mol. The molecule has 2 N–H and O–H groups in total. The maximum Gasteiger partial charge on any atom is 0.382 e. The summed E-state index contributed by atoms with van der Waals surface area (Å²) in [4.78, 5) is 0. The molecule has 6 atom stereocenters. The van der Waals surface area contributed by atoms with E-state index in [1.165, 1.54) is 24.6 Å². The zero-order chi connectivity index (χ0) is 18.3. The van der Waals surface area contributed by atoms with Crippen molar-refractivity contribution in [3.8, 4) is 5.75 Å². The zero-order valence-electron chi connectivity index (χ0n) is 15.4. The lowest BCUT2D eigenvalue weighted by molar-refractivity contribution is -0.0558. The number of aryl methyl sites for hydroxylation is 1. The smallest absolute Gasteiger partial charge is 0.382 e. The minimum atomic E-state index is -3.73. The maximum atomic E-state index is 11.6. The van der Waals surface area contributed by atoms with Crippen molar-refractivity contribution in [3.05, 3.63) is 29.3 Å². The normalized spacial score (nSPS) is 43.0. The predicted octanol–water partition coefficient (Wildman–Crippen LogP) is 2.75. The highest BCUT2D eigenvalue weighted by atomic mass is 32.2. The summed E-state index contributed by atoms with van der Waals surface area (Å²) in [6.45, 7) is 2.33. The van der Waals surface area contributed by atoms with E-state index < -0.39 is 10.3 Å². The molecule has 1 aromatic rings. The Labute approximate surface area is 155 Å². The first-order valence-corrected chi connectivity index (χ1v) is 11.2. The second-order valence-electron chi connectivity index (χ2n) is 9.00. The molecular weight excluding hydrogens is 350 g/mol. The fraction of sp³-hybridized carbons (Fsp3) is 0.700. The summed E-state index contributed by atoms with van der Waals surface area (Å²) < 4.78 is 30.6. The van der Waals surface area contributed by atoms with Crippen molar-refractivity contribution in [2.45, 2.75) is 57.5 Å². The number of fused-ring (bicyclic) bond motifs is 3. The maximum absolute atomic E-state index is 11.6. The second kappa shape index (κ2) is 5.24. The number of benzene rings is 1. The van der Waals surface area contributed by atoms with Crippen LogP contribution in [0.3, 0.4) is 0 Å². The molecule has 5 nitrogen and oxygen atoms in total. The quantitative estimate of drug-likeness (QED) is 0.849. The largest absolute Gasteiger partial charge is 0.393 e. The van der Waals surface area contributed by atoms with E-state index in [2.05, 4.69) is 17.7 Å². The molecule has 142 valence electrons. The Balaban J connectivity index is 1.47. The van der Waals surface area contributed by atoms with E-state index in [0.29, 0.717) is 28.9 Å². The summed E-state index contributed by atoms with van der Waals surface area (Å²) >= 11 is 0. The number of nitrogens with one attached hydrogen (secondary N) is 1. The van der Waals surface area contributed by atoms with Gasteiger partial charge in [0.25, 0.3) is 0 Å². The van der Waals surface area contributed by atoms with Crippen molar-refractivity contribution >= 4 is 10.3 Å². The molecular formula is C20H27NO4S. The molecule has 4 aliphatic rings. The van der Waals surface area contributed by atoms with Crippen LogP contribution in [0.25, 0.3) is 0 Å². The third-order valence-electron chi connectivity index (χ3n) is 8.28. The third kappa shape index (κ3) is 2.06. The zero-order valence-corrected chi connectivity index (χ0v) is 16.2. The summed E-state index contributed by atoms with van der Waals surface area (Å²) in [6, 6.07) is 5.77. The molecule has 0 radical (unpaired) electrons. The van der Waals surface area contributed by atoms with E-state index in [1.54, 1.807) is 6.07 Å². The van der Waals surface area contributed by atoms with E-state index in [-0.39, 0.29) is 11.5 Å². The minimum Gasteiger partial charge on any atom is -0.393 e. The first-order valence-electron chi connectivity index (χ1n) is 9.74. The van der Waals surface area contributed by atoms with Crippen molar-refractivity contribution < 1.29 is 17.7 Å². The summed E-state index contributed by atoms with van der Waals surface area (Å²) in [7, 11) is -2.38. The molecule has 6 heteroatoms. The minimum absolute atomic E-state index is 0.0975. The van der Waals surface area contributed by atoms with Gasteiger partial charge >= 0.3 is 10.3 Å². The molecule has 5 rings (SSSR count). The van der Waals surface area contributed by atoms with Crippen molar-refractivity contribution in [2.24, 2.45) is 22.7 Å². The Morgan fingerprint density at radius 3 is 2.88 bits per heavy atom. The van der Waals surface area contributed by atoms with Gasteiger partial charge in [-0.25, -0.2) is 0 Å². The molecule has 0 heterocycles. The lowest BCUT2D eigenvalue weighted by Crippen LogP contribution is -2.47. The summed E-state index contributed by atoms with van der Waals surface area (Å²) in [5, 5.41) is 10.7. The first-order chi connectivity index (χ1) is 12.3. The molecule has 1 spiro atoms. The molecule has 0 amide bonds. The van der Waals surface area contributed by atoms with Crippen molar-refractivity contribution in [1.82, 2.24) is 4.72 Å². The Kier molecular flexibility index (Phi) is 3.43. The summed E-state index contributed by atoms with van der Waals surface area (Å²) in [6.07, 6.45) is 6.46. The van der Waals surface area contributed by atoms with E-state index in [4.69, 9.17) is 4.18 Å². The topological polar surface area (TPSA) is 75.6 Å². The van der Waals surface area contributed by atoms with E-state index in [9.17, 15) is 13.5 Å². The van der Waals surface area contributed by atoms with Crippen LogP contribution in [0.15, 0.2) is 18.2 Å². The van der Waals surface area contributed by atoms with E-state index in [1.807, 2.05) is 6.07 Å². The van der Waals surface area contributed by atoms with Gasteiger partial charge in [-0.05, 0) is 90.4 Å². The fourth-order valence-corrected chi connectivity index (χ4v) is 7.44. The van der Waals surface area contributed by atoms with Crippen LogP contribution in [0.4, 0.5) is 0 Å². The Bertz CT molecular complexity index is 869. The average Bonchev–Trinajstić information content (AvgIpc) is 3.27. The van der Waals surface area contributed by atoms with Gasteiger partial charge in [0.15, 0.2) is 0 Å². The van der Waals surface area contributed by atoms with Gasteiger partial charge in [-0.15, -0.1) is 0 Å². The molecule has 26 heavy (non-hydrogen) atoms. The highest BCUT2D eigenvalue weighted by molar-refractivity contribution is 7.85. The van der Waals surface area contributed by atoms with Gasteiger partial charge in [-0.1, -0.05) is 13.0 Å². The number of aliphatic hydroxyl groups is 1. The third-order valence-corrected chi connectivity index (χ3v) is 9.19. The molecule has 0 aliphatic heterocycles. The standard InChI is InChI=1S/C20H27NO4S/c1-19-8-7-16-15-5-4-14(25-26(23,24)21-2)9-12(15)3-6-17(16)20(19)11-13(20)10-18(19)22/h4-5,9,13,16-18,21-22H,3,6-8,10-11H2,1-2H3/t13-,16-,17-,18+,19-,20+/m1/s1. The van der Waals surface area contributed by atoms with Crippen LogP contribution in [0.1, 0.15) is 56.1 Å². The monoisotopic (exact) mass is 377 g/mol. The van der Waals surface area contributed by atoms with Gasteiger partial charge in [0.2, 0.25) is 0 Å². The Morgan fingerprint density at radius 1 is 1.31 bits per heavy atom. The number of hydrogen-bond donors (Lipinski definition) is 2. The fourth-order valence-electron chi connectivity index (χ4n) is 7.00. The Hall–Kier alpha value is -1.11. The number of rotatable bonds is 3. The van der Waals surface area contributed by atoms with Crippen LogP contribution in [-0.4, -0.2) is 26.7 Å². The van der Waals surface area contributed by atoms with E-state index >= 15 is 0 Å². The van der Waals surface area contributed by atoms with Gasteiger partial charge in [0.05, 0.1) is 6.10 Å². The SMILES string of the molecule is CNS(=O)(=O)Oc1ccc2c(c1)CC[C@@H]1[C@@H]2CC[C@]2(C)[C@@H](O)C[C@@H]3C[C@]312. The number of hydrogen-bond acceptors (Lipinski definition) is 4. The van der Waals surface area contributed by atoms with Crippen LogP contribution in [0, 0.1) is 22.7 Å². The highest BCUT2D eigenvalue weighted by Gasteiger charge is 2.76. The van der Waals surface area contributed by atoms with Crippen molar-refractivity contribution in [1.29, 1.82) is 0 Å². The molecule has 0 aromatic heterocycles. The molecule has 3 saturated carbocycles.